The van der Waals surface area contributed by atoms with Crippen LogP contribution >= 0.6 is 0 Å². The Morgan fingerprint density at radius 2 is 2.12 bits per heavy atom. The molecule has 7 nitrogen and oxygen atoms in total. The van der Waals surface area contributed by atoms with Crippen LogP contribution in [0.3, 0.4) is 0 Å². The number of nitrogens with zero attached hydrogens (tertiary/aromatic N) is 4. The van der Waals surface area contributed by atoms with Crippen molar-refractivity contribution in [3.63, 3.8) is 0 Å². The molecule has 1 aromatic carbocycles. The van der Waals surface area contributed by atoms with Gasteiger partial charge in [-0.15, -0.1) is 0 Å². The van der Waals surface area contributed by atoms with E-state index in [0.29, 0.717) is 34.9 Å². The maximum atomic E-state index is 12.8. The quantitative estimate of drug-likeness (QED) is 0.907. The van der Waals surface area contributed by atoms with E-state index in [4.69, 9.17) is 0 Å². The van der Waals surface area contributed by atoms with Gasteiger partial charge in [-0.1, -0.05) is 0 Å². The Morgan fingerprint density at radius 1 is 1.31 bits per heavy atom. The summed E-state index contributed by atoms with van der Waals surface area (Å²) in [6, 6.07) is 5.40. The monoisotopic (exact) mass is 353 g/mol. The maximum Gasteiger partial charge on any atom is 0.253 e. The number of rotatable bonds is 4. The van der Waals surface area contributed by atoms with Gasteiger partial charge in [-0.05, 0) is 55.2 Å². The van der Waals surface area contributed by atoms with Crippen molar-refractivity contribution in [1.29, 1.82) is 0 Å². The van der Waals surface area contributed by atoms with E-state index in [9.17, 15) is 9.59 Å². The van der Waals surface area contributed by atoms with Crippen molar-refractivity contribution in [2.45, 2.75) is 25.7 Å². The van der Waals surface area contributed by atoms with Crippen molar-refractivity contribution in [3.05, 3.63) is 23.8 Å². The lowest BCUT2D eigenvalue weighted by Gasteiger charge is -2.22. The van der Waals surface area contributed by atoms with Gasteiger partial charge in [0.05, 0.1) is 0 Å². The highest BCUT2D eigenvalue weighted by atomic mass is 16.2. The molecule has 2 aliphatic carbocycles. The molecule has 1 N–H and O–H groups in total. The van der Waals surface area contributed by atoms with Gasteiger partial charge in [0, 0.05) is 38.2 Å². The summed E-state index contributed by atoms with van der Waals surface area (Å²) in [5.74, 6) is 0.979. The third-order valence-electron chi connectivity index (χ3n) is 6.42. The van der Waals surface area contributed by atoms with Crippen LogP contribution in [0.2, 0.25) is 0 Å². The number of carbonyl (C=O) groups excluding carboxylic acids is 2. The predicted octanol–water partition coefficient (Wildman–Crippen LogP) is 1.68. The van der Waals surface area contributed by atoms with Gasteiger partial charge in [-0.2, -0.15) is 15.4 Å². The normalized spacial score (nSPS) is 25.7. The Balaban J connectivity index is 1.19. The number of carbonyl (C=O) groups is 2. The Morgan fingerprint density at radius 3 is 2.88 bits per heavy atom. The summed E-state index contributed by atoms with van der Waals surface area (Å²) >= 11 is 0. The molecule has 3 fully saturated rings. The topological polar surface area (TPSA) is 82.2 Å². The second-order valence-electron chi connectivity index (χ2n) is 8.27. The number of nitrogens with one attached hydrogen (secondary N) is 1. The maximum absolute atomic E-state index is 12.8. The fourth-order valence-electron chi connectivity index (χ4n) is 4.48. The van der Waals surface area contributed by atoms with E-state index in [0.717, 1.165) is 31.4 Å². The number of hydrogen-bond donors (Lipinski definition) is 1. The summed E-state index contributed by atoms with van der Waals surface area (Å²) in [6.45, 7) is 2.20. The lowest BCUT2D eigenvalue weighted by atomic mass is 10.1. The molecule has 2 atom stereocenters. The summed E-state index contributed by atoms with van der Waals surface area (Å²) in [7, 11) is 1.92. The minimum Gasteiger partial charge on any atom is -0.345 e. The van der Waals surface area contributed by atoms with E-state index in [-0.39, 0.29) is 11.8 Å². The van der Waals surface area contributed by atoms with Crippen LogP contribution in [-0.4, -0.2) is 63.7 Å². The number of aromatic amines is 1. The lowest BCUT2D eigenvalue weighted by molar-refractivity contribution is -0.132. The molecule has 7 heteroatoms. The molecule has 136 valence electrons. The number of amides is 2. The molecule has 1 aliphatic heterocycles. The highest BCUT2D eigenvalue weighted by Gasteiger charge is 2.66. The summed E-state index contributed by atoms with van der Waals surface area (Å²) in [4.78, 5) is 29.1. The highest BCUT2D eigenvalue weighted by molar-refractivity contribution is 5.97. The number of hydrogen-bond acceptors (Lipinski definition) is 4. The van der Waals surface area contributed by atoms with Crippen molar-refractivity contribution in [2.24, 2.45) is 17.3 Å². The van der Waals surface area contributed by atoms with Gasteiger partial charge in [0.25, 0.3) is 5.91 Å². The van der Waals surface area contributed by atoms with Crippen LogP contribution in [0.15, 0.2) is 18.2 Å². The minimum atomic E-state index is 0.0329. The number of likely N-dealkylation sites (tertiary alicyclic amines) is 1. The first-order chi connectivity index (χ1) is 12.6. The highest BCUT2D eigenvalue weighted by Crippen LogP contribution is 2.70. The van der Waals surface area contributed by atoms with E-state index in [1.807, 2.05) is 22.9 Å². The van der Waals surface area contributed by atoms with Crippen molar-refractivity contribution < 1.29 is 9.59 Å². The zero-order chi connectivity index (χ0) is 17.9. The van der Waals surface area contributed by atoms with Crippen LogP contribution in [0.1, 0.15) is 36.0 Å². The summed E-state index contributed by atoms with van der Waals surface area (Å²) in [5.41, 5.74) is 2.51. The van der Waals surface area contributed by atoms with Crippen molar-refractivity contribution >= 4 is 22.8 Å². The van der Waals surface area contributed by atoms with Crippen LogP contribution in [0, 0.1) is 17.3 Å². The van der Waals surface area contributed by atoms with E-state index < -0.39 is 0 Å². The third kappa shape index (κ3) is 2.57. The molecule has 5 rings (SSSR count). The molecule has 0 radical (unpaired) electrons. The summed E-state index contributed by atoms with van der Waals surface area (Å²) in [5, 5.41) is 10.6. The molecule has 3 aliphatic rings. The molecular weight excluding hydrogens is 330 g/mol. The molecule has 2 amide bonds. The molecule has 1 spiro atoms. The van der Waals surface area contributed by atoms with E-state index in [1.54, 1.807) is 12.1 Å². The molecule has 26 heavy (non-hydrogen) atoms. The van der Waals surface area contributed by atoms with E-state index in [2.05, 4.69) is 15.4 Å². The number of fused-ring (bicyclic) bond motifs is 1. The molecule has 0 bridgehead atoms. The van der Waals surface area contributed by atoms with Gasteiger partial charge in [0.1, 0.15) is 11.0 Å². The molecule has 2 aromatic rings. The van der Waals surface area contributed by atoms with Gasteiger partial charge in [-0.3, -0.25) is 9.59 Å². The summed E-state index contributed by atoms with van der Waals surface area (Å²) in [6.07, 6.45) is 4.51. The molecular formula is C19H23N5O2. The first-order valence-corrected chi connectivity index (χ1v) is 9.40. The lowest BCUT2D eigenvalue weighted by Crippen LogP contribution is -2.35. The number of H-pyrrole nitrogens is 1. The second-order valence-corrected chi connectivity index (χ2v) is 8.27. The van der Waals surface area contributed by atoms with Gasteiger partial charge < -0.3 is 9.80 Å². The van der Waals surface area contributed by atoms with Gasteiger partial charge >= 0.3 is 0 Å². The SMILES string of the molecule is CN(CC1CCN(C(=O)c2ccc3n[nH]nc3c2)C1)C(=O)C1CC12CC2. The van der Waals surface area contributed by atoms with Gasteiger partial charge in [0.15, 0.2) is 0 Å². The minimum absolute atomic E-state index is 0.0329. The van der Waals surface area contributed by atoms with Crippen molar-refractivity contribution in [3.8, 4) is 0 Å². The van der Waals surface area contributed by atoms with Crippen LogP contribution in [0.5, 0.6) is 0 Å². The largest absolute Gasteiger partial charge is 0.345 e. The van der Waals surface area contributed by atoms with E-state index >= 15 is 0 Å². The van der Waals surface area contributed by atoms with E-state index in [1.165, 1.54) is 12.8 Å². The zero-order valence-electron chi connectivity index (χ0n) is 14.9. The molecule has 1 aromatic heterocycles. The zero-order valence-corrected chi connectivity index (χ0v) is 14.9. The average Bonchev–Trinajstić information content (AvgIpc) is 3.44. The predicted molar refractivity (Wildman–Crippen MR) is 95.3 cm³/mol. The van der Waals surface area contributed by atoms with Crippen molar-refractivity contribution in [2.75, 3.05) is 26.7 Å². The molecule has 2 saturated carbocycles. The number of aromatic nitrogens is 3. The Hall–Kier alpha value is -2.44. The third-order valence-corrected chi connectivity index (χ3v) is 6.42. The van der Waals surface area contributed by atoms with Crippen molar-refractivity contribution in [1.82, 2.24) is 25.2 Å². The first kappa shape index (κ1) is 15.8. The van der Waals surface area contributed by atoms with Crippen LogP contribution in [-0.2, 0) is 4.79 Å². The first-order valence-electron chi connectivity index (χ1n) is 9.40. The van der Waals surface area contributed by atoms with Crippen LogP contribution < -0.4 is 0 Å². The number of benzene rings is 1. The summed E-state index contributed by atoms with van der Waals surface area (Å²) < 4.78 is 0. The average molecular weight is 353 g/mol. The molecule has 2 heterocycles. The van der Waals surface area contributed by atoms with Gasteiger partial charge in [-0.25, -0.2) is 0 Å². The fourth-order valence-corrected chi connectivity index (χ4v) is 4.48. The standard InChI is InChI=1S/C19H23N5O2/c1-23(18(26)14-9-19(14)5-6-19)10-12-4-7-24(11-12)17(25)13-2-3-15-16(8-13)21-22-20-15/h2-3,8,12,14H,4-7,9-11H2,1H3,(H,20,21,22). The van der Waals surface area contributed by atoms with Crippen LogP contribution in [0.4, 0.5) is 0 Å². The Kier molecular flexibility index (Phi) is 3.36. The van der Waals surface area contributed by atoms with Gasteiger partial charge in [0.2, 0.25) is 5.91 Å². The van der Waals surface area contributed by atoms with Crippen LogP contribution in [0.25, 0.3) is 11.0 Å². The second kappa shape index (κ2) is 5.53. The molecule has 2 unspecified atom stereocenters. The Labute approximate surface area is 151 Å². The fraction of sp³-hybridized carbons (Fsp3) is 0.579. The Bertz CT molecular complexity index is 887. The molecule has 1 saturated heterocycles. The smallest absolute Gasteiger partial charge is 0.253 e.